The number of benzene rings is 1. The predicted octanol–water partition coefficient (Wildman–Crippen LogP) is 3.33. The first kappa shape index (κ1) is 15.5. The molecule has 2 aromatic heterocycles. The van der Waals surface area contributed by atoms with Crippen LogP contribution in [0.25, 0.3) is 10.7 Å². The smallest absolute Gasteiger partial charge is 0.342 e. The maximum atomic E-state index is 11.9. The van der Waals surface area contributed by atoms with Crippen LogP contribution in [0.5, 0.6) is 11.5 Å². The van der Waals surface area contributed by atoms with Crippen molar-refractivity contribution in [3.05, 3.63) is 45.6 Å². The van der Waals surface area contributed by atoms with Crippen LogP contribution < -0.4 is 0 Å². The minimum absolute atomic E-state index is 0.0651. The van der Waals surface area contributed by atoms with Gasteiger partial charge < -0.3 is 19.5 Å². The molecule has 0 amide bonds. The number of aromatic hydroxyl groups is 2. The summed E-state index contributed by atoms with van der Waals surface area (Å²) in [6, 6.07) is 5.43. The molecule has 7 nitrogen and oxygen atoms in total. The van der Waals surface area contributed by atoms with Crippen LogP contribution in [0.15, 0.2) is 38.6 Å². The lowest BCUT2D eigenvalue weighted by Gasteiger charge is -2.04. The average molecular weight is 397 g/mol. The SMILES string of the molecule is O=C(OCc1nc(-c2cc(Br)cs2)no1)c1ccc(O)cc1O. The zero-order valence-electron chi connectivity index (χ0n) is 11.4. The first-order chi connectivity index (χ1) is 11.0. The molecule has 0 atom stereocenters. The summed E-state index contributed by atoms with van der Waals surface area (Å²) in [5.74, 6) is -0.746. The molecule has 9 heteroatoms. The molecule has 1 aromatic carbocycles. The molecule has 0 saturated carbocycles. The number of carbonyl (C=O) groups is 1. The molecular weight excluding hydrogens is 388 g/mol. The van der Waals surface area contributed by atoms with E-state index < -0.39 is 5.97 Å². The van der Waals surface area contributed by atoms with E-state index in [1.54, 1.807) is 0 Å². The molecule has 2 N–H and O–H groups in total. The molecule has 0 aliphatic heterocycles. The van der Waals surface area contributed by atoms with Crippen LogP contribution in [-0.2, 0) is 11.3 Å². The number of aromatic nitrogens is 2. The second-order valence-electron chi connectivity index (χ2n) is 4.42. The molecule has 0 aliphatic carbocycles. The van der Waals surface area contributed by atoms with Gasteiger partial charge in [0.25, 0.3) is 5.89 Å². The fourth-order valence-corrected chi connectivity index (χ4v) is 3.09. The summed E-state index contributed by atoms with van der Waals surface area (Å²) >= 11 is 4.78. The number of nitrogens with zero attached hydrogens (tertiary/aromatic N) is 2. The molecule has 0 spiro atoms. The molecule has 0 fully saturated rings. The van der Waals surface area contributed by atoms with Crippen molar-refractivity contribution in [2.24, 2.45) is 0 Å². The Kier molecular flexibility index (Phi) is 4.30. The number of ether oxygens (including phenoxy) is 1. The monoisotopic (exact) mass is 396 g/mol. The standard InChI is InChI=1S/C14H9BrN2O5S/c15-7-3-11(23-6-7)13-16-12(22-17-13)5-21-14(20)9-2-1-8(18)4-10(9)19/h1-4,6,18-19H,5H2. The van der Waals surface area contributed by atoms with Gasteiger partial charge in [0.15, 0.2) is 6.61 Å². The summed E-state index contributed by atoms with van der Waals surface area (Å²) in [6.07, 6.45) is 0. The van der Waals surface area contributed by atoms with Gasteiger partial charge in [0.1, 0.15) is 17.1 Å². The van der Waals surface area contributed by atoms with Gasteiger partial charge in [-0.1, -0.05) is 5.16 Å². The van der Waals surface area contributed by atoms with Crippen molar-refractivity contribution in [1.82, 2.24) is 10.1 Å². The van der Waals surface area contributed by atoms with Crippen LogP contribution in [0.4, 0.5) is 0 Å². The number of carbonyl (C=O) groups excluding carboxylic acids is 1. The third-order valence-electron chi connectivity index (χ3n) is 2.78. The molecule has 0 radical (unpaired) electrons. The number of esters is 1. The van der Waals surface area contributed by atoms with E-state index in [0.29, 0.717) is 5.82 Å². The van der Waals surface area contributed by atoms with Gasteiger partial charge in [-0.2, -0.15) is 4.98 Å². The minimum Gasteiger partial charge on any atom is -0.508 e. The number of phenols is 2. The Balaban J connectivity index is 1.66. The average Bonchev–Trinajstić information content (AvgIpc) is 3.13. The molecule has 3 rings (SSSR count). The number of rotatable bonds is 4. The van der Waals surface area contributed by atoms with E-state index in [-0.39, 0.29) is 29.6 Å². The first-order valence-electron chi connectivity index (χ1n) is 6.29. The van der Waals surface area contributed by atoms with Gasteiger partial charge in [0.2, 0.25) is 5.82 Å². The van der Waals surface area contributed by atoms with E-state index in [1.165, 1.54) is 23.5 Å². The van der Waals surface area contributed by atoms with Gasteiger partial charge in [-0.15, -0.1) is 11.3 Å². The van der Waals surface area contributed by atoms with E-state index in [9.17, 15) is 15.0 Å². The summed E-state index contributed by atoms with van der Waals surface area (Å²) in [5.41, 5.74) is -0.0651. The summed E-state index contributed by atoms with van der Waals surface area (Å²) < 4.78 is 10.9. The molecule has 3 aromatic rings. The Morgan fingerprint density at radius 1 is 1.35 bits per heavy atom. The first-order valence-corrected chi connectivity index (χ1v) is 7.96. The topological polar surface area (TPSA) is 106 Å². The van der Waals surface area contributed by atoms with Gasteiger partial charge in [-0.3, -0.25) is 0 Å². The van der Waals surface area contributed by atoms with E-state index in [0.717, 1.165) is 15.4 Å². The molecular formula is C14H9BrN2O5S. The second-order valence-corrected chi connectivity index (χ2v) is 6.25. The lowest BCUT2D eigenvalue weighted by Crippen LogP contribution is -2.05. The van der Waals surface area contributed by atoms with Crippen molar-refractivity contribution in [2.45, 2.75) is 6.61 Å². The van der Waals surface area contributed by atoms with Gasteiger partial charge in [-0.05, 0) is 34.1 Å². The Morgan fingerprint density at radius 3 is 2.87 bits per heavy atom. The van der Waals surface area contributed by atoms with Gasteiger partial charge >= 0.3 is 5.97 Å². The Bertz CT molecular complexity index is 860. The van der Waals surface area contributed by atoms with E-state index in [1.807, 2.05) is 11.4 Å². The zero-order valence-corrected chi connectivity index (χ0v) is 13.8. The number of thiophene rings is 1. The van der Waals surface area contributed by atoms with Gasteiger partial charge in [-0.25, -0.2) is 4.79 Å². The molecule has 23 heavy (non-hydrogen) atoms. The van der Waals surface area contributed by atoms with Crippen molar-refractivity contribution in [2.75, 3.05) is 0 Å². The summed E-state index contributed by atoms with van der Waals surface area (Å²) in [4.78, 5) is 16.8. The molecule has 0 unspecified atom stereocenters. The highest BCUT2D eigenvalue weighted by Gasteiger charge is 2.16. The van der Waals surface area contributed by atoms with Crippen LogP contribution in [0.2, 0.25) is 0 Å². The molecule has 0 bridgehead atoms. The molecule has 2 heterocycles. The normalized spacial score (nSPS) is 10.7. The van der Waals surface area contributed by atoms with Crippen molar-refractivity contribution in [3.63, 3.8) is 0 Å². The highest BCUT2D eigenvalue weighted by Crippen LogP contribution is 2.28. The van der Waals surface area contributed by atoms with Gasteiger partial charge in [0.05, 0.1) is 4.88 Å². The van der Waals surface area contributed by atoms with E-state index >= 15 is 0 Å². The fraction of sp³-hybridized carbons (Fsp3) is 0.0714. The van der Waals surface area contributed by atoms with Crippen LogP contribution in [-0.4, -0.2) is 26.3 Å². The lowest BCUT2D eigenvalue weighted by molar-refractivity contribution is 0.0426. The third kappa shape index (κ3) is 3.51. The second kappa shape index (κ2) is 6.39. The molecule has 0 aliphatic rings. The Hall–Kier alpha value is -2.39. The molecule has 0 saturated heterocycles. The van der Waals surface area contributed by atoms with Crippen molar-refractivity contribution in [1.29, 1.82) is 0 Å². The molecule has 118 valence electrons. The number of hydrogen-bond donors (Lipinski definition) is 2. The van der Waals surface area contributed by atoms with Crippen LogP contribution >= 0.6 is 27.3 Å². The summed E-state index contributed by atoms with van der Waals surface area (Å²) in [6.45, 7) is -0.224. The third-order valence-corrected chi connectivity index (χ3v) is 4.47. The Labute approximate surface area is 142 Å². The quantitative estimate of drug-likeness (QED) is 0.651. The largest absolute Gasteiger partial charge is 0.508 e. The van der Waals surface area contributed by atoms with Crippen LogP contribution in [0.3, 0.4) is 0 Å². The Morgan fingerprint density at radius 2 is 2.17 bits per heavy atom. The highest BCUT2D eigenvalue weighted by molar-refractivity contribution is 9.10. The maximum absolute atomic E-state index is 11.9. The predicted molar refractivity (Wildman–Crippen MR) is 84.2 cm³/mol. The number of hydrogen-bond acceptors (Lipinski definition) is 8. The zero-order chi connectivity index (χ0) is 16.4. The highest BCUT2D eigenvalue weighted by atomic mass is 79.9. The maximum Gasteiger partial charge on any atom is 0.342 e. The van der Waals surface area contributed by atoms with Crippen molar-refractivity contribution >= 4 is 33.2 Å². The van der Waals surface area contributed by atoms with Crippen LogP contribution in [0, 0.1) is 0 Å². The van der Waals surface area contributed by atoms with Crippen molar-refractivity contribution in [3.8, 4) is 22.2 Å². The number of phenolic OH excluding ortho intramolecular Hbond substituents is 2. The minimum atomic E-state index is -0.763. The summed E-state index contributed by atoms with van der Waals surface area (Å²) in [5, 5.41) is 24.5. The summed E-state index contributed by atoms with van der Waals surface area (Å²) in [7, 11) is 0. The van der Waals surface area contributed by atoms with E-state index in [4.69, 9.17) is 9.26 Å². The van der Waals surface area contributed by atoms with E-state index in [2.05, 4.69) is 26.1 Å². The fourth-order valence-electron chi connectivity index (χ4n) is 1.74. The lowest BCUT2D eigenvalue weighted by atomic mass is 10.2. The van der Waals surface area contributed by atoms with Gasteiger partial charge in [0, 0.05) is 15.9 Å². The number of halogens is 1. The van der Waals surface area contributed by atoms with Crippen LogP contribution in [0.1, 0.15) is 16.2 Å². The van der Waals surface area contributed by atoms with Crippen molar-refractivity contribution < 1.29 is 24.3 Å².